The van der Waals surface area contributed by atoms with Crippen LogP contribution in [0, 0.1) is 0 Å². The monoisotopic (exact) mass is 414 g/mol. The summed E-state index contributed by atoms with van der Waals surface area (Å²) in [4.78, 5) is -0.446. The molecule has 0 aliphatic carbocycles. The molecular weight excluding hydrogens is 401 g/mol. The van der Waals surface area contributed by atoms with Crippen molar-refractivity contribution in [2.75, 3.05) is 13.2 Å². The zero-order valence-electron chi connectivity index (χ0n) is 11.8. The summed E-state index contributed by atoms with van der Waals surface area (Å²) < 4.78 is 52.2. The van der Waals surface area contributed by atoms with Crippen LogP contribution in [0.4, 0.5) is 8.78 Å². The van der Waals surface area contributed by atoms with Crippen molar-refractivity contribution < 1.29 is 27.5 Å². The van der Waals surface area contributed by atoms with Gasteiger partial charge in [-0.15, -0.1) is 11.3 Å². The van der Waals surface area contributed by atoms with Crippen molar-refractivity contribution in [1.29, 1.82) is 0 Å². The first-order valence-corrected chi connectivity index (χ1v) is 9.60. The lowest BCUT2D eigenvalue weighted by atomic mass is 10.2. The van der Waals surface area contributed by atoms with Crippen LogP contribution in [0.2, 0.25) is 0 Å². The number of benzene rings is 1. The molecule has 1 N–H and O–H groups in total. The van der Waals surface area contributed by atoms with Gasteiger partial charge in [-0.1, -0.05) is 0 Å². The summed E-state index contributed by atoms with van der Waals surface area (Å²) in [5.41, 5.74) is -3.79. The molecule has 122 valence electrons. The highest BCUT2D eigenvalue weighted by Crippen LogP contribution is 2.69. The van der Waals surface area contributed by atoms with Gasteiger partial charge in [0, 0.05) is 14.6 Å². The van der Waals surface area contributed by atoms with Gasteiger partial charge in [0.1, 0.15) is 10.6 Å². The molecule has 0 fully saturated rings. The van der Waals surface area contributed by atoms with E-state index >= 15 is 0 Å². The van der Waals surface area contributed by atoms with Crippen molar-refractivity contribution in [3.63, 3.8) is 0 Å². The highest BCUT2D eigenvalue weighted by Gasteiger charge is 2.57. The van der Waals surface area contributed by atoms with E-state index in [0.29, 0.717) is 10.1 Å². The van der Waals surface area contributed by atoms with E-state index in [4.69, 9.17) is 9.05 Å². The molecule has 0 saturated carbocycles. The number of phenolic OH excluding ortho intramolecular Hbond substituents is 1. The van der Waals surface area contributed by atoms with Crippen LogP contribution in [0.5, 0.6) is 5.75 Å². The first kappa shape index (κ1) is 17.8. The van der Waals surface area contributed by atoms with Gasteiger partial charge in [-0.3, -0.25) is 4.57 Å². The van der Waals surface area contributed by atoms with Gasteiger partial charge >= 0.3 is 13.3 Å². The third-order valence-electron chi connectivity index (χ3n) is 2.83. The SMILES string of the molecule is CCOP(=O)(OCC)C(F)(F)c1sc2cc(O)ccc2c1Br. The molecule has 0 amide bonds. The molecule has 1 aromatic carbocycles. The van der Waals surface area contributed by atoms with E-state index in [0.717, 1.165) is 11.3 Å². The highest BCUT2D eigenvalue weighted by atomic mass is 79.9. The lowest BCUT2D eigenvalue weighted by molar-refractivity contribution is 0.0387. The van der Waals surface area contributed by atoms with Gasteiger partial charge in [0.2, 0.25) is 0 Å². The van der Waals surface area contributed by atoms with Crippen LogP contribution in [-0.2, 0) is 19.3 Å². The van der Waals surface area contributed by atoms with Gasteiger partial charge in [-0.05, 0) is 48.0 Å². The average Bonchev–Trinajstić information content (AvgIpc) is 2.76. The molecular formula is C13H14BrF2O4PS. The largest absolute Gasteiger partial charge is 0.508 e. The molecule has 1 aromatic heterocycles. The molecule has 0 aliphatic heterocycles. The van der Waals surface area contributed by atoms with Crippen LogP contribution in [0.3, 0.4) is 0 Å². The fourth-order valence-corrected chi connectivity index (χ4v) is 5.95. The highest BCUT2D eigenvalue weighted by molar-refractivity contribution is 9.10. The van der Waals surface area contributed by atoms with Crippen LogP contribution in [-0.4, -0.2) is 18.3 Å². The maximum atomic E-state index is 14.8. The van der Waals surface area contributed by atoms with Gasteiger partial charge in [-0.2, -0.15) is 8.78 Å². The minimum absolute atomic E-state index is 0.0334. The molecule has 0 atom stereocenters. The Bertz CT molecular complexity index is 724. The molecule has 2 aromatic rings. The second kappa shape index (κ2) is 6.53. The van der Waals surface area contributed by atoms with E-state index in [9.17, 15) is 18.5 Å². The quantitative estimate of drug-likeness (QED) is 0.617. The maximum absolute atomic E-state index is 14.8. The third-order valence-corrected chi connectivity index (χ3v) is 7.40. The predicted molar refractivity (Wildman–Crippen MR) is 85.9 cm³/mol. The molecule has 4 nitrogen and oxygen atoms in total. The number of rotatable bonds is 6. The van der Waals surface area contributed by atoms with Crippen molar-refractivity contribution in [2.24, 2.45) is 0 Å². The topological polar surface area (TPSA) is 55.8 Å². The number of hydrogen-bond donors (Lipinski definition) is 1. The van der Waals surface area contributed by atoms with Crippen LogP contribution in [0.25, 0.3) is 10.1 Å². The number of fused-ring (bicyclic) bond motifs is 1. The van der Waals surface area contributed by atoms with Gasteiger partial charge in [0.25, 0.3) is 0 Å². The molecule has 0 unspecified atom stereocenters. The molecule has 0 bridgehead atoms. The van der Waals surface area contributed by atoms with E-state index < -0.39 is 18.1 Å². The Hall–Kier alpha value is -0.530. The molecule has 0 aliphatic rings. The first-order chi connectivity index (χ1) is 10.3. The van der Waals surface area contributed by atoms with Gasteiger partial charge < -0.3 is 14.2 Å². The summed E-state index contributed by atoms with van der Waals surface area (Å²) in [5, 5.41) is 9.96. The Morgan fingerprint density at radius 2 is 1.91 bits per heavy atom. The van der Waals surface area contributed by atoms with Crippen LogP contribution < -0.4 is 0 Å². The third kappa shape index (κ3) is 2.95. The number of aromatic hydroxyl groups is 1. The van der Waals surface area contributed by atoms with Gasteiger partial charge in [0.15, 0.2) is 0 Å². The van der Waals surface area contributed by atoms with Crippen LogP contribution in [0.15, 0.2) is 22.7 Å². The molecule has 1 heterocycles. The minimum Gasteiger partial charge on any atom is -0.508 e. The molecule has 9 heteroatoms. The Labute approximate surface area is 138 Å². The van der Waals surface area contributed by atoms with Crippen LogP contribution >= 0.6 is 34.9 Å². The number of hydrogen-bond acceptors (Lipinski definition) is 5. The Balaban J connectivity index is 2.61. The summed E-state index contributed by atoms with van der Waals surface area (Å²) in [6.07, 6.45) is 0. The average molecular weight is 415 g/mol. The summed E-state index contributed by atoms with van der Waals surface area (Å²) in [7, 11) is -4.65. The van der Waals surface area contributed by atoms with Crippen molar-refractivity contribution >= 4 is 44.9 Å². The number of thiophene rings is 1. The van der Waals surface area contributed by atoms with Gasteiger partial charge in [0.05, 0.1) is 13.2 Å². The summed E-state index contributed by atoms with van der Waals surface area (Å²) >= 11 is 3.86. The first-order valence-electron chi connectivity index (χ1n) is 6.45. The van der Waals surface area contributed by atoms with Crippen molar-refractivity contribution in [3.8, 4) is 5.75 Å². The number of halogens is 3. The summed E-state index contributed by atoms with van der Waals surface area (Å²) in [5.74, 6) is -0.0334. The standard InChI is InChI=1S/C13H14BrF2O4PS/c1-3-19-21(18,20-4-2)13(15,16)12-11(14)9-6-5-8(17)7-10(9)22-12/h5-7,17H,3-4H2,1-2H3. The minimum atomic E-state index is -4.65. The van der Waals surface area contributed by atoms with E-state index in [-0.39, 0.29) is 23.4 Å². The van der Waals surface area contributed by atoms with Gasteiger partial charge in [-0.25, -0.2) is 0 Å². The zero-order valence-corrected chi connectivity index (χ0v) is 15.1. The Morgan fingerprint density at radius 1 is 1.32 bits per heavy atom. The van der Waals surface area contributed by atoms with Crippen molar-refractivity contribution in [2.45, 2.75) is 19.5 Å². The van der Waals surface area contributed by atoms with Crippen molar-refractivity contribution in [3.05, 3.63) is 27.5 Å². The predicted octanol–water partition coefficient (Wildman–Crippen LogP) is 5.68. The summed E-state index contributed by atoms with van der Waals surface area (Å²) in [6, 6.07) is 4.28. The molecule has 0 saturated heterocycles. The van der Waals surface area contributed by atoms with E-state index in [2.05, 4.69) is 15.9 Å². The molecule has 2 rings (SSSR count). The normalized spacial score (nSPS) is 13.0. The number of alkyl halides is 2. The maximum Gasteiger partial charge on any atom is 0.405 e. The summed E-state index contributed by atoms with van der Waals surface area (Å²) in [6.45, 7) is 2.63. The second-order valence-corrected chi connectivity index (χ2v) is 8.22. The fourth-order valence-electron chi connectivity index (χ4n) is 1.91. The number of phenols is 1. The van der Waals surface area contributed by atoms with Crippen molar-refractivity contribution in [1.82, 2.24) is 0 Å². The van der Waals surface area contributed by atoms with E-state index in [1.165, 1.54) is 32.0 Å². The second-order valence-electron chi connectivity index (χ2n) is 4.30. The Morgan fingerprint density at radius 3 is 2.45 bits per heavy atom. The lowest BCUT2D eigenvalue weighted by Crippen LogP contribution is -2.17. The zero-order chi connectivity index (χ0) is 16.5. The molecule has 0 spiro atoms. The van der Waals surface area contributed by atoms with E-state index in [1.807, 2.05) is 0 Å². The molecule has 0 radical (unpaired) electrons. The molecule has 22 heavy (non-hydrogen) atoms. The lowest BCUT2D eigenvalue weighted by Gasteiger charge is -2.25. The smallest absolute Gasteiger partial charge is 0.405 e. The van der Waals surface area contributed by atoms with Crippen LogP contribution in [0.1, 0.15) is 18.7 Å². The fraction of sp³-hybridized carbons (Fsp3) is 0.385. The van der Waals surface area contributed by atoms with E-state index in [1.54, 1.807) is 0 Å². The Kier molecular flexibility index (Phi) is 5.29.